The van der Waals surface area contributed by atoms with Gasteiger partial charge in [0.2, 0.25) is 11.8 Å². The molecule has 5 nitrogen and oxygen atoms in total. The molecule has 3 N–H and O–H groups in total. The summed E-state index contributed by atoms with van der Waals surface area (Å²) in [6.45, 7) is 4.19. The molecule has 0 saturated carbocycles. The van der Waals surface area contributed by atoms with Crippen LogP contribution < -0.4 is 11.1 Å². The summed E-state index contributed by atoms with van der Waals surface area (Å²) in [6.07, 6.45) is 2.86. The van der Waals surface area contributed by atoms with Gasteiger partial charge < -0.3 is 16.0 Å². The standard InChI is InChI=1S/C12H23N3O2/c1-9(10-4-3-5-14-7-10)6-12(17)15(2)8-11(13)16/h9-10,14H,3-8H2,1-2H3,(H2,13,16). The average Bonchev–Trinajstić information content (AvgIpc) is 2.29. The first kappa shape index (κ1) is 14.0. The molecule has 2 atom stereocenters. The second-order valence-electron chi connectivity index (χ2n) is 5.00. The molecule has 1 aliphatic heterocycles. The van der Waals surface area contributed by atoms with Crippen LogP contribution >= 0.6 is 0 Å². The summed E-state index contributed by atoms with van der Waals surface area (Å²) in [4.78, 5) is 24.0. The Morgan fingerprint density at radius 2 is 2.24 bits per heavy atom. The Hall–Kier alpha value is -1.10. The van der Waals surface area contributed by atoms with Crippen LogP contribution in [0.3, 0.4) is 0 Å². The Bertz CT molecular complexity index is 275. The maximum Gasteiger partial charge on any atom is 0.237 e. The monoisotopic (exact) mass is 241 g/mol. The largest absolute Gasteiger partial charge is 0.368 e. The van der Waals surface area contributed by atoms with Crippen molar-refractivity contribution in [2.24, 2.45) is 17.6 Å². The van der Waals surface area contributed by atoms with Gasteiger partial charge in [-0.05, 0) is 37.8 Å². The van der Waals surface area contributed by atoms with E-state index in [0.29, 0.717) is 18.3 Å². The van der Waals surface area contributed by atoms with E-state index in [0.717, 1.165) is 13.1 Å². The van der Waals surface area contributed by atoms with E-state index in [1.807, 2.05) is 0 Å². The van der Waals surface area contributed by atoms with Crippen LogP contribution in [0, 0.1) is 11.8 Å². The van der Waals surface area contributed by atoms with E-state index in [9.17, 15) is 9.59 Å². The Balaban J connectivity index is 2.36. The number of rotatable bonds is 5. The van der Waals surface area contributed by atoms with Crippen molar-refractivity contribution in [3.05, 3.63) is 0 Å². The summed E-state index contributed by atoms with van der Waals surface area (Å²) in [5, 5.41) is 3.35. The molecule has 0 radical (unpaired) electrons. The number of hydrogen-bond acceptors (Lipinski definition) is 3. The highest BCUT2D eigenvalue weighted by Crippen LogP contribution is 2.22. The van der Waals surface area contributed by atoms with E-state index in [4.69, 9.17) is 5.73 Å². The topological polar surface area (TPSA) is 75.4 Å². The molecule has 1 heterocycles. The van der Waals surface area contributed by atoms with Gasteiger partial charge in [0.25, 0.3) is 0 Å². The number of likely N-dealkylation sites (N-methyl/N-ethyl adjacent to an activating group) is 1. The lowest BCUT2D eigenvalue weighted by molar-refractivity contribution is -0.134. The molecule has 2 unspecified atom stereocenters. The smallest absolute Gasteiger partial charge is 0.237 e. The summed E-state index contributed by atoms with van der Waals surface area (Å²) in [7, 11) is 1.62. The van der Waals surface area contributed by atoms with Crippen LogP contribution in [0.15, 0.2) is 0 Å². The zero-order chi connectivity index (χ0) is 12.8. The van der Waals surface area contributed by atoms with Gasteiger partial charge in [0, 0.05) is 13.5 Å². The van der Waals surface area contributed by atoms with Gasteiger partial charge in [-0.3, -0.25) is 9.59 Å². The van der Waals surface area contributed by atoms with Gasteiger partial charge >= 0.3 is 0 Å². The van der Waals surface area contributed by atoms with Crippen LogP contribution in [0.4, 0.5) is 0 Å². The second-order valence-corrected chi connectivity index (χ2v) is 5.00. The van der Waals surface area contributed by atoms with E-state index in [2.05, 4.69) is 12.2 Å². The average molecular weight is 241 g/mol. The molecule has 0 aromatic carbocycles. The van der Waals surface area contributed by atoms with Crippen molar-refractivity contribution in [3.8, 4) is 0 Å². The van der Waals surface area contributed by atoms with Crippen LogP contribution in [-0.4, -0.2) is 43.4 Å². The first-order chi connectivity index (χ1) is 8.00. The Morgan fingerprint density at radius 3 is 2.76 bits per heavy atom. The van der Waals surface area contributed by atoms with E-state index < -0.39 is 5.91 Å². The van der Waals surface area contributed by atoms with Gasteiger partial charge in [-0.25, -0.2) is 0 Å². The van der Waals surface area contributed by atoms with E-state index in [1.54, 1.807) is 7.05 Å². The molecule has 0 aromatic heterocycles. The zero-order valence-corrected chi connectivity index (χ0v) is 10.7. The minimum absolute atomic E-state index is 0.00173. The quantitative estimate of drug-likeness (QED) is 0.709. The SMILES string of the molecule is CC(CC(=O)N(C)CC(N)=O)C1CCCNC1. The lowest BCUT2D eigenvalue weighted by Crippen LogP contribution is -2.38. The van der Waals surface area contributed by atoms with Crippen LogP contribution in [0.25, 0.3) is 0 Å². The molecule has 1 aliphatic rings. The van der Waals surface area contributed by atoms with E-state index in [1.165, 1.54) is 17.7 Å². The first-order valence-corrected chi connectivity index (χ1v) is 6.23. The fraction of sp³-hybridized carbons (Fsp3) is 0.833. The minimum Gasteiger partial charge on any atom is -0.368 e. The molecule has 1 fully saturated rings. The third-order valence-electron chi connectivity index (χ3n) is 3.46. The highest BCUT2D eigenvalue weighted by Gasteiger charge is 2.23. The zero-order valence-electron chi connectivity index (χ0n) is 10.7. The van der Waals surface area contributed by atoms with Crippen LogP contribution in [0.1, 0.15) is 26.2 Å². The highest BCUT2D eigenvalue weighted by atomic mass is 16.2. The molecule has 5 heteroatoms. The van der Waals surface area contributed by atoms with Crippen molar-refractivity contribution < 1.29 is 9.59 Å². The molecule has 0 aliphatic carbocycles. The van der Waals surface area contributed by atoms with Gasteiger partial charge in [-0.1, -0.05) is 6.92 Å². The van der Waals surface area contributed by atoms with E-state index in [-0.39, 0.29) is 12.5 Å². The van der Waals surface area contributed by atoms with Crippen molar-refractivity contribution in [2.75, 3.05) is 26.7 Å². The Labute approximate surface area is 103 Å². The number of piperidine rings is 1. The minimum atomic E-state index is -0.465. The third kappa shape index (κ3) is 4.73. The summed E-state index contributed by atoms with van der Waals surface area (Å²) in [5.74, 6) is 0.454. The number of nitrogens with one attached hydrogen (secondary N) is 1. The number of primary amides is 1. The van der Waals surface area contributed by atoms with Crippen molar-refractivity contribution in [1.82, 2.24) is 10.2 Å². The van der Waals surface area contributed by atoms with Crippen molar-refractivity contribution in [2.45, 2.75) is 26.2 Å². The maximum atomic E-state index is 11.8. The molecule has 0 spiro atoms. The number of hydrogen-bond donors (Lipinski definition) is 2. The van der Waals surface area contributed by atoms with Gasteiger partial charge in [0.1, 0.15) is 0 Å². The summed E-state index contributed by atoms with van der Waals surface area (Å²) < 4.78 is 0. The molecule has 2 amide bonds. The predicted octanol–water partition coefficient (Wildman–Crippen LogP) is -0.0441. The summed E-state index contributed by atoms with van der Waals surface area (Å²) in [5.41, 5.74) is 5.06. The molecule has 17 heavy (non-hydrogen) atoms. The molecule has 98 valence electrons. The number of nitrogens with zero attached hydrogens (tertiary/aromatic N) is 1. The van der Waals surface area contributed by atoms with Crippen molar-refractivity contribution in [1.29, 1.82) is 0 Å². The van der Waals surface area contributed by atoms with Crippen LogP contribution in [-0.2, 0) is 9.59 Å². The first-order valence-electron chi connectivity index (χ1n) is 6.23. The number of nitrogens with two attached hydrogens (primary N) is 1. The van der Waals surface area contributed by atoms with Crippen molar-refractivity contribution >= 4 is 11.8 Å². The highest BCUT2D eigenvalue weighted by molar-refractivity contribution is 5.83. The molecular formula is C12H23N3O2. The molecule has 1 saturated heterocycles. The lowest BCUT2D eigenvalue weighted by Gasteiger charge is -2.29. The molecular weight excluding hydrogens is 218 g/mol. The Morgan fingerprint density at radius 1 is 1.53 bits per heavy atom. The van der Waals surface area contributed by atoms with Crippen molar-refractivity contribution in [3.63, 3.8) is 0 Å². The number of carbonyl (C=O) groups is 2. The summed E-state index contributed by atoms with van der Waals surface area (Å²) >= 11 is 0. The molecule has 1 rings (SSSR count). The number of amides is 2. The number of carbonyl (C=O) groups excluding carboxylic acids is 2. The van der Waals surface area contributed by atoms with Gasteiger partial charge in [0.15, 0.2) is 0 Å². The predicted molar refractivity (Wildman–Crippen MR) is 66.2 cm³/mol. The maximum absolute atomic E-state index is 11.8. The van der Waals surface area contributed by atoms with Crippen LogP contribution in [0.2, 0.25) is 0 Å². The summed E-state index contributed by atoms with van der Waals surface area (Å²) in [6, 6.07) is 0. The lowest BCUT2D eigenvalue weighted by atomic mass is 9.85. The van der Waals surface area contributed by atoms with E-state index >= 15 is 0 Å². The van der Waals surface area contributed by atoms with Crippen LogP contribution in [0.5, 0.6) is 0 Å². The van der Waals surface area contributed by atoms with Gasteiger partial charge in [-0.15, -0.1) is 0 Å². The molecule has 0 bridgehead atoms. The molecule has 0 aromatic rings. The van der Waals surface area contributed by atoms with Gasteiger partial charge in [-0.2, -0.15) is 0 Å². The van der Waals surface area contributed by atoms with Gasteiger partial charge in [0.05, 0.1) is 6.54 Å². The third-order valence-corrected chi connectivity index (χ3v) is 3.46. The Kier molecular flexibility index (Phi) is 5.41. The fourth-order valence-electron chi connectivity index (χ4n) is 2.28. The fourth-order valence-corrected chi connectivity index (χ4v) is 2.28. The second kappa shape index (κ2) is 6.59. The normalized spacial score (nSPS) is 21.9.